The topological polar surface area (TPSA) is 80.5 Å². The standard InChI is InChI=1S/C17H13ClN2O4/c18-12-4-1-7(20(23)24)5-13(12)19-16(21)14-8-2-3-9(11-6-10(8)11)15(14)17(19)22/h1-5,8-11,14-15H,6H2/t8-,9-,10-,11-,14+,15+/m0/s1. The summed E-state index contributed by atoms with van der Waals surface area (Å²) in [6.45, 7) is 0. The van der Waals surface area contributed by atoms with E-state index in [4.69, 9.17) is 11.6 Å². The number of anilines is 1. The summed E-state index contributed by atoms with van der Waals surface area (Å²) in [6.07, 6.45) is 5.26. The minimum Gasteiger partial charge on any atom is -0.274 e. The zero-order chi connectivity index (χ0) is 16.7. The van der Waals surface area contributed by atoms with Crippen LogP contribution in [-0.2, 0) is 9.59 Å². The van der Waals surface area contributed by atoms with E-state index in [1.165, 1.54) is 18.2 Å². The quantitative estimate of drug-likeness (QED) is 0.357. The molecule has 1 aromatic carbocycles. The van der Waals surface area contributed by atoms with E-state index in [2.05, 4.69) is 12.2 Å². The van der Waals surface area contributed by atoms with Gasteiger partial charge in [-0.25, -0.2) is 4.90 Å². The minimum absolute atomic E-state index is 0.115. The van der Waals surface area contributed by atoms with E-state index in [0.29, 0.717) is 11.8 Å². The highest BCUT2D eigenvalue weighted by atomic mass is 35.5. The van der Waals surface area contributed by atoms with Gasteiger partial charge in [-0.15, -0.1) is 0 Å². The fourth-order valence-corrected chi connectivity index (χ4v) is 5.18. The third kappa shape index (κ3) is 1.61. The highest BCUT2D eigenvalue weighted by Gasteiger charge is 2.67. The van der Waals surface area contributed by atoms with Gasteiger partial charge < -0.3 is 0 Å². The van der Waals surface area contributed by atoms with Crippen molar-refractivity contribution in [3.05, 3.63) is 45.5 Å². The van der Waals surface area contributed by atoms with Crippen molar-refractivity contribution in [2.75, 3.05) is 4.90 Å². The van der Waals surface area contributed by atoms with Gasteiger partial charge in [-0.05, 0) is 36.2 Å². The predicted molar refractivity (Wildman–Crippen MR) is 85.3 cm³/mol. The number of carbonyl (C=O) groups excluding carboxylic acids is 2. The van der Waals surface area contributed by atoms with E-state index >= 15 is 0 Å². The van der Waals surface area contributed by atoms with Crippen LogP contribution in [0.1, 0.15) is 6.42 Å². The van der Waals surface area contributed by atoms with Gasteiger partial charge >= 0.3 is 0 Å². The van der Waals surface area contributed by atoms with Crippen LogP contribution in [0, 0.1) is 45.6 Å². The first-order valence-electron chi connectivity index (χ1n) is 7.99. The van der Waals surface area contributed by atoms with Gasteiger partial charge in [-0.3, -0.25) is 19.7 Å². The number of non-ortho nitro benzene ring substituents is 1. The van der Waals surface area contributed by atoms with Gasteiger partial charge in [0.25, 0.3) is 5.69 Å². The molecule has 1 aromatic rings. The molecule has 7 heteroatoms. The van der Waals surface area contributed by atoms with E-state index in [1.54, 1.807) is 0 Å². The number of halogens is 1. The van der Waals surface area contributed by atoms with Crippen molar-refractivity contribution in [2.24, 2.45) is 35.5 Å². The van der Waals surface area contributed by atoms with Crippen LogP contribution in [0.3, 0.4) is 0 Å². The lowest BCUT2D eigenvalue weighted by molar-refractivity contribution is -0.384. The average Bonchev–Trinajstić information content (AvgIpc) is 3.33. The molecule has 2 saturated carbocycles. The number of hydrogen-bond donors (Lipinski definition) is 0. The maximum absolute atomic E-state index is 13.0. The van der Waals surface area contributed by atoms with Crippen LogP contribution in [-0.4, -0.2) is 16.7 Å². The van der Waals surface area contributed by atoms with Gasteiger partial charge in [0.05, 0.1) is 27.5 Å². The Hall–Kier alpha value is -2.21. The molecule has 1 saturated heterocycles. The molecule has 0 spiro atoms. The second-order valence-corrected chi connectivity index (χ2v) is 7.47. The molecular formula is C17H13ClN2O4. The maximum atomic E-state index is 13.0. The first-order valence-corrected chi connectivity index (χ1v) is 8.37. The van der Waals surface area contributed by atoms with Gasteiger partial charge in [0, 0.05) is 12.1 Å². The van der Waals surface area contributed by atoms with Crippen molar-refractivity contribution in [3.63, 3.8) is 0 Å². The summed E-state index contributed by atoms with van der Waals surface area (Å²) in [5, 5.41) is 11.2. The zero-order valence-electron chi connectivity index (χ0n) is 12.5. The molecule has 122 valence electrons. The van der Waals surface area contributed by atoms with E-state index in [-0.39, 0.29) is 51.9 Å². The van der Waals surface area contributed by atoms with Crippen LogP contribution < -0.4 is 4.90 Å². The molecule has 0 radical (unpaired) electrons. The van der Waals surface area contributed by atoms with Crippen molar-refractivity contribution in [1.29, 1.82) is 0 Å². The molecule has 5 aliphatic rings. The number of imide groups is 1. The van der Waals surface area contributed by atoms with E-state index < -0.39 is 4.92 Å². The Bertz CT molecular complexity index is 815. The summed E-state index contributed by atoms with van der Waals surface area (Å²) >= 11 is 6.15. The van der Waals surface area contributed by atoms with E-state index in [0.717, 1.165) is 11.3 Å². The summed E-state index contributed by atoms with van der Waals surface area (Å²) in [6, 6.07) is 3.85. The largest absolute Gasteiger partial charge is 0.274 e. The normalized spacial score (nSPS) is 38.3. The Morgan fingerprint density at radius 3 is 2.21 bits per heavy atom. The van der Waals surface area contributed by atoms with Crippen LogP contribution in [0.25, 0.3) is 0 Å². The molecule has 24 heavy (non-hydrogen) atoms. The minimum atomic E-state index is -0.557. The number of nitro groups is 1. The van der Waals surface area contributed by atoms with Crippen LogP contribution in [0.4, 0.5) is 11.4 Å². The molecule has 0 unspecified atom stereocenters. The highest BCUT2D eigenvalue weighted by Crippen LogP contribution is 2.65. The molecule has 3 fully saturated rings. The molecular weight excluding hydrogens is 332 g/mol. The fourth-order valence-electron chi connectivity index (χ4n) is 4.98. The molecule has 6 rings (SSSR count). The number of benzene rings is 1. The second-order valence-electron chi connectivity index (χ2n) is 7.06. The van der Waals surface area contributed by atoms with Crippen molar-refractivity contribution in [1.82, 2.24) is 0 Å². The molecule has 1 heterocycles. The van der Waals surface area contributed by atoms with Gasteiger partial charge in [0.1, 0.15) is 0 Å². The molecule has 2 bridgehead atoms. The van der Waals surface area contributed by atoms with Gasteiger partial charge in [0.15, 0.2) is 0 Å². The monoisotopic (exact) mass is 344 g/mol. The van der Waals surface area contributed by atoms with Crippen molar-refractivity contribution >= 4 is 34.8 Å². The van der Waals surface area contributed by atoms with Gasteiger partial charge in [-0.2, -0.15) is 0 Å². The summed E-state index contributed by atoms with van der Waals surface area (Å²) in [7, 11) is 0. The number of nitro benzene ring substituents is 1. The molecule has 1 aliphatic heterocycles. The lowest BCUT2D eigenvalue weighted by Gasteiger charge is -2.37. The first kappa shape index (κ1) is 14.2. The molecule has 0 N–H and O–H groups in total. The van der Waals surface area contributed by atoms with Crippen molar-refractivity contribution < 1.29 is 14.5 Å². The summed E-state index contributed by atoms with van der Waals surface area (Å²) in [5.41, 5.74) is -0.0582. The Morgan fingerprint density at radius 2 is 1.67 bits per heavy atom. The molecule has 4 aliphatic carbocycles. The molecule has 2 amide bonds. The number of allylic oxidation sites excluding steroid dienone is 2. The van der Waals surface area contributed by atoms with Gasteiger partial charge in [-0.1, -0.05) is 23.8 Å². The Kier molecular flexibility index (Phi) is 2.62. The van der Waals surface area contributed by atoms with Crippen LogP contribution >= 0.6 is 11.6 Å². The maximum Gasteiger partial charge on any atom is 0.271 e. The Morgan fingerprint density at radius 1 is 1.08 bits per heavy atom. The second kappa shape index (κ2) is 4.45. The van der Waals surface area contributed by atoms with Gasteiger partial charge in [0.2, 0.25) is 11.8 Å². The van der Waals surface area contributed by atoms with Crippen molar-refractivity contribution in [2.45, 2.75) is 6.42 Å². The van der Waals surface area contributed by atoms with Crippen LogP contribution in [0.5, 0.6) is 0 Å². The lowest BCUT2D eigenvalue weighted by Crippen LogP contribution is -2.40. The number of amides is 2. The number of carbonyl (C=O) groups is 2. The average molecular weight is 345 g/mol. The molecule has 0 aromatic heterocycles. The number of nitrogens with zero attached hydrogens (tertiary/aromatic N) is 2. The molecule has 6 atom stereocenters. The zero-order valence-corrected chi connectivity index (χ0v) is 13.2. The van der Waals surface area contributed by atoms with E-state index in [9.17, 15) is 19.7 Å². The summed E-state index contributed by atoms with van der Waals surface area (Å²) < 4.78 is 0. The lowest BCUT2D eigenvalue weighted by atomic mass is 9.63. The van der Waals surface area contributed by atoms with Crippen LogP contribution in [0.15, 0.2) is 30.4 Å². The van der Waals surface area contributed by atoms with E-state index in [1.807, 2.05) is 0 Å². The van der Waals surface area contributed by atoms with Crippen molar-refractivity contribution in [3.8, 4) is 0 Å². The summed E-state index contributed by atoms with van der Waals surface area (Å²) in [4.78, 5) is 37.5. The predicted octanol–water partition coefficient (Wildman–Crippen LogP) is 2.81. The fraction of sp³-hybridized carbons (Fsp3) is 0.412. The third-order valence-electron chi connectivity index (χ3n) is 6.04. The number of rotatable bonds is 2. The SMILES string of the molecule is O=C1[C@@H]2[C@H]3C=C[C@@H]([C@@H]4C[C@@H]34)[C@H]2C(=O)N1c1cc([N+](=O)[O-])ccc1Cl. The smallest absolute Gasteiger partial charge is 0.271 e. The third-order valence-corrected chi connectivity index (χ3v) is 6.36. The molecule has 6 nitrogen and oxygen atoms in total. The Balaban J connectivity index is 1.60. The highest BCUT2D eigenvalue weighted by molar-refractivity contribution is 6.36. The number of hydrogen-bond acceptors (Lipinski definition) is 4. The van der Waals surface area contributed by atoms with Crippen LogP contribution in [0.2, 0.25) is 5.02 Å². The summed E-state index contributed by atoms with van der Waals surface area (Å²) in [5.74, 6) is 0.0391. The Labute approximate surface area is 142 Å². The first-order chi connectivity index (χ1) is 11.5.